The molecule has 21 heavy (non-hydrogen) atoms. The Bertz CT molecular complexity index is 727. The van der Waals surface area contributed by atoms with Gasteiger partial charge in [0.2, 0.25) is 5.95 Å². The van der Waals surface area contributed by atoms with Crippen LogP contribution in [-0.2, 0) is 0 Å². The highest BCUT2D eigenvalue weighted by atomic mass is 15.2. The molecule has 0 radical (unpaired) electrons. The lowest BCUT2D eigenvalue weighted by Crippen LogP contribution is -2.01. The Labute approximate surface area is 123 Å². The molecule has 2 aromatic heterocycles. The van der Waals surface area contributed by atoms with Gasteiger partial charge in [-0.2, -0.15) is 4.98 Å². The van der Waals surface area contributed by atoms with E-state index < -0.39 is 0 Å². The molecule has 5 heteroatoms. The lowest BCUT2D eigenvalue weighted by molar-refractivity contribution is 1.14. The Morgan fingerprint density at radius 1 is 0.810 bits per heavy atom. The molecule has 0 aliphatic heterocycles. The van der Waals surface area contributed by atoms with Crippen molar-refractivity contribution in [2.75, 3.05) is 10.6 Å². The van der Waals surface area contributed by atoms with Gasteiger partial charge < -0.3 is 10.6 Å². The second-order valence-corrected chi connectivity index (χ2v) is 4.60. The summed E-state index contributed by atoms with van der Waals surface area (Å²) in [5, 5.41) is 6.33. The summed E-state index contributed by atoms with van der Waals surface area (Å²) in [6.45, 7) is 2.01. The summed E-state index contributed by atoms with van der Waals surface area (Å²) in [7, 11) is 0. The molecule has 3 rings (SSSR count). The first-order chi connectivity index (χ1) is 10.3. The van der Waals surface area contributed by atoms with Crippen LogP contribution in [0.15, 0.2) is 60.9 Å². The fourth-order valence-electron chi connectivity index (χ4n) is 1.88. The van der Waals surface area contributed by atoms with Crippen molar-refractivity contribution in [2.45, 2.75) is 6.92 Å². The number of aryl methyl sites for hydroxylation is 1. The maximum atomic E-state index is 4.42. The smallest absolute Gasteiger partial charge is 0.230 e. The third-order valence-corrected chi connectivity index (χ3v) is 2.86. The Balaban J connectivity index is 1.77. The van der Waals surface area contributed by atoms with Gasteiger partial charge in [0.15, 0.2) is 0 Å². The van der Waals surface area contributed by atoms with Crippen LogP contribution in [0.2, 0.25) is 0 Å². The van der Waals surface area contributed by atoms with E-state index in [0.717, 1.165) is 22.9 Å². The van der Waals surface area contributed by atoms with Crippen LogP contribution in [0.5, 0.6) is 0 Å². The molecule has 0 bridgehead atoms. The quantitative estimate of drug-likeness (QED) is 0.762. The number of aromatic nitrogens is 3. The summed E-state index contributed by atoms with van der Waals surface area (Å²) in [6, 6.07) is 15.6. The Morgan fingerprint density at radius 3 is 2.43 bits per heavy atom. The molecule has 5 nitrogen and oxygen atoms in total. The SMILES string of the molecule is Cc1ccnc(Nc2nccc(Nc3ccccc3)n2)c1. The van der Waals surface area contributed by atoms with Crippen LogP contribution < -0.4 is 10.6 Å². The first kappa shape index (κ1) is 13.1. The van der Waals surface area contributed by atoms with E-state index >= 15 is 0 Å². The zero-order valence-electron chi connectivity index (χ0n) is 11.6. The monoisotopic (exact) mass is 277 g/mol. The lowest BCUT2D eigenvalue weighted by Gasteiger charge is -2.08. The molecular weight excluding hydrogens is 262 g/mol. The van der Waals surface area contributed by atoms with Crippen molar-refractivity contribution in [1.82, 2.24) is 15.0 Å². The predicted octanol–water partition coefficient (Wildman–Crippen LogP) is 3.67. The van der Waals surface area contributed by atoms with E-state index in [1.807, 2.05) is 55.5 Å². The predicted molar refractivity (Wildman–Crippen MR) is 84.0 cm³/mol. The molecular formula is C16H15N5. The van der Waals surface area contributed by atoms with Crippen LogP contribution in [0.1, 0.15) is 5.56 Å². The number of anilines is 4. The zero-order valence-corrected chi connectivity index (χ0v) is 11.6. The van der Waals surface area contributed by atoms with Crippen LogP contribution in [0, 0.1) is 6.92 Å². The lowest BCUT2D eigenvalue weighted by atomic mass is 10.3. The number of pyridine rings is 1. The largest absolute Gasteiger partial charge is 0.340 e. The van der Waals surface area contributed by atoms with Crippen LogP contribution in [0.3, 0.4) is 0 Å². The standard InChI is InChI=1S/C16H15N5/c1-12-7-9-17-15(11-12)21-16-18-10-8-14(20-16)19-13-5-3-2-4-6-13/h2-11H,1H3,(H2,17,18,19,20,21). The van der Waals surface area contributed by atoms with Crippen LogP contribution in [0.4, 0.5) is 23.3 Å². The molecule has 0 fully saturated rings. The number of hydrogen-bond donors (Lipinski definition) is 2. The van der Waals surface area contributed by atoms with Gasteiger partial charge in [0, 0.05) is 18.1 Å². The minimum atomic E-state index is 0.508. The second-order valence-electron chi connectivity index (χ2n) is 4.60. The van der Waals surface area contributed by atoms with Crippen LogP contribution in [-0.4, -0.2) is 15.0 Å². The molecule has 0 unspecified atom stereocenters. The number of nitrogens with zero attached hydrogens (tertiary/aromatic N) is 3. The van der Waals surface area contributed by atoms with E-state index in [1.165, 1.54) is 0 Å². The highest BCUT2D eigenvalue weighted by molar-refractivity contribution is 5.58. The molecule has 104 valence electrons. The topological polar surface area (TPSA) is 62.7 Å². The normalized spacial score (nSPS) is 10.1. The van der Waals surface area contributed by atoms with Gasteiger partial charge in [-0.3, -0.25) is 0 Å². The van der Waals surface area contributed by atoms with Crippen LogP contribution >= 0.6 is 0 Å². The number of hydrogen-bond acceptors (Lipinski definition) is 5. The maximum absolute atomic E-state index is 4.42. The van der Waals surface area contributed by atoms with Gasteiger partial charge in [0.05, 0.1) is 0 Å². The first-order valence-corrected chi connectivity index (χ1v) is 6.64. The van der Waals surface area contributed by atoms with Crippen molar-refractivity contribution in [1.29, 1.82) is 0 Å². The molecule has 2 heterocycles. The van der Waals surface area contributed by atoms with E-state index in [-0.39, 0.29) is 0 Å². The minimum absolute atomic E-state index is 0.508. The van der Waals surface area contributed by atoms with Gasteiger partial charge in [-0.05, 0) is 42.8 Å². The third kappa shape index (κ3) is 3.54. The number of benzene rings is 1. The second kappa shape index (κ2) is 6.00. The Hall–Kier alpha value is -2.95. The van der Waals surface area contributed by atoms with Gasteiger partial charge in [0.25, 0.3) is 0 Å². The van der Waals surface area contributed by atoms with E-state index in [2.05, 4.69) is 25.6 Å². The Kier molecular flexibility index (Phi) is 3.73. The van der Waals surface area contributed by atoms with E-state index in [1.54, 1.807) is 12.4 Å². The molecule has 0 aliphatic carbocycles. The average Bonchev–Trinajstić information content (AvgIpc) is 2.49. The molecule has 0 saturated heterocycles. The van der Waals surface area contributed by atoms with Crippen molar-refractivity contribution < 1.29 is 0 Å². The third-order valence-electron chi connectivity index (χ3n) is 2.86. The maximum Gasteiger partial charge on any atom is 0.230 e. The number of rotatable bonds is 4. The number of nitrogens with one attached hydrogen (secondary N) is 2. The van der Waals surface area contributed by atoms with Crippen molar-refractivity contribution in [3.8, 4) is 0 Å². The summed E-state index contributed by atoms with van der Waals surface area (Å²) < 4.78 is 0. The molecule has 3 aromatic rings. The van der Waals surface area contributed by atoms with E-state index in [0.29, 0.717) is 5.95 Å². The van der Waals surface area contributed by atoms with Crippen molar-refractivity contribution >= 4 is 23.3 Å². The molecule has 0 atom stereocenters. The van der Waals surface area contributed by atoms with Crippen LogP contribution in [0.25, 0.3) is 0 Å². The molecule has 1 aromatic carbocycles. The molecule has 0 saturated carbocycles. The van der Waals surface area contributed by atoms with E-state index in [9.17, 15) is 0 Å². The summed E-state index contributed by atoms with van der Waals surface area (Å²) in [5.41, 5.74) is 2.11. The van der Waals surface area contributed by atoms with Gasteiger partial charge >= 0.3 is 0 Å². The number of para-hydroxylation sites is 1. The summed E-state index contributed by atoms with van der Waals surface area (Å²) in [5.74, 6) is 1.97. The summed E-state index contributed by atoms with van der Waals surface area (Å²) >= 11 is 0. The van der Waals surface area contributed by atoms with Gasteiger partial charge in [-0.1, -0.05) is 18.2 Å². The molecule has 0 amide bonds. The fourth-order valence-corrected chi connectivity index (χ4v) is 1.88. The highest BCUT2D eigenvalue weighted by Crippen LogP contribution is 2.16. The van der Waals surface area contributed by atoms with Crippen molar-refractivity contribution in [3.05, 3.63) is 66.5 Å². The van der Waals surface area contributed by atoms with E-state index in [4.69, 9.17) is 0 Å². The summed E-state index contributed by atoms with van der Waals surface area (Å²) in [4.78, 5) is 12.9. The van der Waals surface area contributed by atoms with Gasteiger partial charge in [0.1, 0.15) is 11.6 Å². The minimum Gasteiger partial charge on any atom is -0.340 e. The zero-order chi connectivity index (χ0) is 14.5. The molecule has 0 aliphatic rings. The van der Waals surface area contributed by atoms with Gasteiger partial charge in [-0.15, -0.1) is 0 Å². The molecule has 0 spiro atoms. The first-order valence-electron chi connectivity index (χ1n) is 6.64. The highest BCUT2D eigenvalue weighted by Gasteiger charge is 2.01. The van der Waals surface area contributed by atoms with Crippen molar-refractivity contribution in [3.63, 3.8) is 0 Å². The molecule has 2 N–H and O–H groups in total. The summed E-state index contributed by atoms with van der Waals surface area (Å²) in [6.07, 6.45) is 3.46. The average molecular weight is 277 g/mol. The Morgan fingerprint density at radius 2 is 1.62 bits per heavy atom. The van der Waals surface area contributed by atoms with Crippen molar-refractivity contribution in [2.24, 2.45) is 0 Å². The fraction of sp³-hybridized carbons (Fsp3) is 0.0625. The van der Waals surface area contributed by atoms with Gasteiger partial charge in [-0.25, -0.2) is 9.97 Å².